The molecule has 2 amide bonds. The van der Waals surface area contributed by atoms with Gasteiger partial charge in [0, 0.05) is 37.0 Å². The second-order valence-corrected chi connectivity index (χ2v) is 8.10. The van der Waals surface area contributed by atoms with Crippen LogP contribution in [0.2, 0.25) is 5.02 Å². The highest BCUT2D eigenvalue weighted by Gasteiger charge is 2.42. The molecule has 5 nitrogen and oxygen atoms in total. The van der Waals surface area contributed by atoms with Gasteiger partial charge in [-0.05, 0) is 61.0 Å². The minimum Gasteiger partial charge on any atom is -0.378 e. The van der Waals surface area contributed by atoms with Crippen molar-refractivity contribution in [1.82, 2.24) is 0 Å². The molecule has 0 aromatic heterocycles. The van der Waals surface area contributed by atoms with Gasteiger partial charge in [0.1, 0.15) is 5.70 Å². The largest absolute Gasteiger partial charge is 0.378 e. The van der Waals surface area contributed by atoms with E-state index in [-0.39, 0.29) is 11.8 Å². The number of likely N-dealkylation sites (N-methyl/N-ethyl adjacent to an activating group) is 1. The number of anilines is 3. The van der Waals surface area contributed by atoms with Crippen molar-refractivity contribution in [3.8, 4) is 0 Å². The third-order valence-corrected chi connectivity index (χ3v) is 5.72. The molecule has 3 aromatic carbocycles. The fourth-order valence-corrected chi connectivity index (χ4v) is 3.98. The molecule has 0 saturated carbocycles. The molecule has 0 bridgehead atoms. The van der Waals surface area contributed by atoms with E-state index in [1.807, 2.05) is 73.3 Å². The molecule has 162 valence electrons. The predicted molar refractivity (Wildman–Crippen MR) is 131 cm³/mol. The maximum atomic E-state index is 13.7. The molecule has 0 atom stereocenters. The van der Waals surface area contributed by atoms with Crippen molar-refractivity contribution in [3.63, 3.8) is 0 Å². The van der Waals surface area contributed by atoms with E-state index in [9.17, 15) is 9.59 Å². The molecule has 0 fully saturated rings. The lowest BCUT2D eigenvalue weighted by Gasteiger charge is -2.25. The third kappa shape index (κ3) is 3.87. The number of rotatable bonds is 6. The van der Waals surface area contributed by atoms with Gasteiger partial charge in [-0.2, -0.15) is 0 Å². The van der Waals surface area contributed by atoms with Crippen LogP contribution in [0.25, 0.3) is 5.57 Å². The Morgan fingerprint density at radius 3 is 1.97 bits per heavy atom. The summed E-state index contributed by atoms with van der Waals surface area (Å²) in [7, 11) is 3.89. The van der Waals surface area contributed by atoms with Crippen LogP contribution in [-0.4, -0.2) is 32.5 Å². The Morgan fingerprint density at radius 1 is 0.781 bits per heavy atom. The quantitative estimate of drug-likeness (QED) is 0.488. The molecule has 1 aliphatic rings. The fraction of sp³-hybridized carbons (Fsp3) is 0.154. The highest BCUT2D eigenvalue weighted by atomic mass is 35.5. The van der Waals surface area contributed by atoms with Crippen molar-refractivity contribution < 1.29 is 9.59 Å². The summed E-state index contributed by atoms with van der Waals surface area (Å²) in [4.78, 5) is 32.5. The van der Waals surface area contributed by atoms with E-state index < -0.39 is 0 Å². The maximum Gasteiger partial charge on any atom is 0.282 e. The van der Waals surface area contributed by atoms with Crippen molar-refractivity contribution in [2.45, 2.75) is 6.92 Å². The number of para-hydroxylation sites is 1. The Kier molecular flexibility index (Phi) is 6.01. The molecule has 0 N–H and O–H groups in total. The first kappa shape index (κ1) is 21.7. The van der Waals surface area contributed by atoms with Gasteiger partial charge < -0.3 is 9.80 Å². The standard InChI is InChI=1S/C26H24ClN3O2/c1-4-29(21-8-6-5-7-9-21)24-23(18-10-12-19(27)13-11-18)25(31)30(26(24)32)22-16-14-20(15-17-22)28(2)3/h5-17H,4H2,1-3H3. The molecular weight excluding hydrogens is 422 g/mol. The molecule has 0 spiro atoms. The first-order valence-corrected chi connectivity index (χ1v) is 10.8. The molecule has 0 saturated heterocycles. The second kappa shape index (κ2) is 8.89. The van der Waals surface area contributed by atoms with E-state index in [1.165, 1.54) is 4.90 Å². The summed E-state index contributed by atoms with van der Waals surface area (Å²) >= 11 is 6.08. The molecule has 32 heavy (non-hydrogen) atoms. The van der Waals surface area contributed by atoms with Crippen molar-refractivity contribution in [2.75, 3.05) is 35.3 Å². The van der Waals surface area contributed by atoms with Gasteiger partial charge in [0.05, 0.1) is 11.3 Å². The van der Waals surface area contributed by atoms with Crippen LogP contribution in [0.15, 0.2) is 84.6 Å². The van der Waals surface area contributed by atoms with Gasteiger partial charge in [-0.3, -0.25) is 9.59 Å². The molecule has 4 rings (SSSR count). The average molecular weight is 446 g/mol. The van der Waals surface area contributed by atoms with E-state index in [2.05, 4.69) is 0 Å². The molecule has 1 aliphatic heterocycles. The lowest BCUT2D eigenvalue weighted by molar-refractivity contribution is -0.120. The Morgan fingerprint density at radius 2 is 1.41 bits per heavy atom. The molecule has 0 radical (unpaired) electrons. The summed E-state index contributed by atoms with van der Waals surface area (Å²) in [5, 5.41) is 0.569. The Hall–Kier alpha value is -3.57. The minimum absolute atomic E-state index is 0.344. The van der Waals surface area contributed by atoms with Gasteiger partial charge in [0.15, 0.2) is 0 Å². The van der Waals surface area contributed by atoms with Crippen molar-refractivity contribution >= 4 is 46.1 Å². The summed E-state index contributed by atoms with van der Waals surface area (Å²) in [6.45, 7) is 2.49. The van der Waals surface area contributed by atoms with Crippen molar-refractivity contribution in [2.24, 2.45) is 0 Å². The summed E-state index contributed by atoms with van der Waals surface area (Å²) < 4.78 is 0. The van der Waals surface area contributed by atoms with Crippen molar-refractivity contribution in [1.29, 1.82) is 0 Å². The monoisotopic (exact) mass is 445 g/mol. The van der Waals surface area contributed by atoms with Crippen LogP contribution in [-0.2, 0) is 9.59 Å². The highest BCUT2D eigenvalue weighted by Crippen LogP contribution is 2.37. The molecule has 3 aromatic rings. The molecule has 0 aliphatic carbocycles. The molecule has 0 unspecified atom stereocenters. The number of nitrogens with zero attached hydrogens (tertiary/aromatic N) is 3. The van der Waals surface area contributed by atoms with Crippen molar-refractivity contribution in [3.05, 3.63) is 95.1 Å². The topological polar surface area (TPSA) is 43.9 Å². The zero-order valence-corrected chi connectivity index (χ0v) is 19.0. The summed E-state index contributed by atoms with van der Waals surface area (Å²) in [6, 6.07) is 24.0. The van der Waals surface area contributed by atoms with Gasteiger partial charge in [-0.1, -0.05) is 41.9 Å². The number of carbonyl (C=O) groups is 2. The molecule has 1 heterocycles. The summed E-state index contributed by atoms with van der Waals surface area (Å²) in [5.74, 6) is -0.692. The average Bonchev–Trinajstić information content (AvgIpc) is 3.06. The van der Waals surface area contributed by atoms with Gasteiger partial charge in [0.25, 0.3) is 11.8 Å². The zero-order chi connectivity index (χ0) is 22.8. The van der Waals surface area contributed by atoms with E-state index >= 15 is 0 Å². The van der Waals surface area contributed by atoms with E-state index in [4.69, 9.17) is 11.6 Å². The number of hydrogen-bond acceptors (Lipinski definition) is 4. The van der Waals surface area contributed by atoms with Crippen LogP contribution in [0.3, 0.4) is 0 Å². The highest BCUT2D eigenvalue weighted by molar-refractivity contribution is 6.46. The summed E-state index contributed by atoms with van der Waals surface area (Å²) in [5.41, 5.74) is 3.76. The van der Waals surface area contributed by atoms with Crippen LogP contribution in [0.4, 0.5) is 17.1 Å². The zero-order valence-electron chi connectivity index (χ0n) is 18.2. The molecule has 6 heteroatoms. The van der Waals surface area contributed by atoms with E-state index in [0.717, 1.165) is 11.4 Å². The van der Waals surface area contributed by atoms with Crippen LogP contribution in [0.5, 0.6) is 0 Å². The number of hydrogen-bond donors (Lipinski definition) is 0. The predicted octanol–water partition coefficient (Wildman–Crippen LogP) is 5.22. The number of imide groups is 1. The van der Waals surface area contributed by atoms with Gasteiger partial charge >= 0.3 is 0 Å². The van der Waals surface area contributed by atoms with E-state index in [1.54, 1.807) is 36.4 Å². The van der Waals surface area contributed by atoms with E-state index in [0.29, 0.717) is 34.1 Å². The first-order chi connectivity index (χ1) is 15.4. The Bertz CT molecular complexity index is 1170. The van der Waals surface area contributed by atoms with Gasteiger partial charge in [-0.25, -0.2) is 4.90 Å². The third-order valence-electron chi connectivity index (χ3n) is 5.47. The number of benzene rings is 3. The number of halogens is 1. The lowest BCUT2D eigenvalue weighted by atomic mass is 10.0. The minimum atomic E-state index is -0.348. The van der Waals surface area contributed by atoms with Crippen LogP contribution in [0.1, 0.15) is 12.5 Å². The normalized spacial score (nSPS) is 13.7. The number of amides is 2. The van der Waals surface area contributed by atoms with Crippen LogP contribution < -0.4 is 14.7 Å². The van der Waals surface area contributed by atoms with Gasteiger partial charge in [0.2, 0.25) is 0 Å². The SMILES string of the molecule is CCN(C1=C(c2ccc(Cl)cc2)C(=O)N(c2ccc(N(C)C)cc2)C1=O)c1ccccc1. The maximum absolute atomic E-state index is 13.7. The fourth-order valence-electron chi connectivity index (χ4n) is 3.86. The second-order valence-electron chi connectivity index (χ2n) is 7.67. The Labute approximate surface area is 193 Å². The summed E-state index contributed by atoms with van der Waals surface area (Å²) in [6.07, 6.45) is 0. The number of carbonyl (C=O) groups excluding carboxylic acids is 2. The Balaban J connectivity index is 1.86. The first-order valence-electron chi connectivity index (χ1n) is 10.4. The van der Waals surface area contributed by atoms with Crippen LogP contribution >= 0.6 is 11.6 Å². The molecular formula is C26H24ClN3O2. The van der Waals surface area contributed by atoms with Gasteiger partial charge in [-0.15, -0.1) is 0 Å². The lowest BCUT2D eigenvalue weighted by Crippen LogP contribution is -2.35. The smallest absolute Gasteiger partial charge is 0.282 e. The van der Waals surface area contributed by atoms with Crippen LogP contribution in [0, 0.1) is 0 Å².